The first kappa shape index (κ1) is 19.2. The van der Waals surface area contributed by atoms with Crippen molar-refractivity contribution in [2.75, 3.05) is 33.3 Å². The summed E-state index contributed by atoms with van der Waals surface area (Å²) in [5, 5.41) is 0. The normalized spacial score (nSPS) is 14.8. The highest BCUT2D eigenvalue weighted by atomic mass is 16.5. The van der Waals surface area contributed by atoms with Gasteiger partial charge in [-0.2, -0.15) is 0 Å². The molecule has 0 radical (unpaired) electrons. The maximum atomic E-state index is 12.9. The molecule has 29 heavy (non-hydrogen) atoms. The van der Waals surface area contributed by atoms with Crippen LogP contribution < -0.4 is 4.74 Å². The predicted molar refractivity (Wildman–Crippen MR) is 115 cm³/mol. The number of rotatable bonds is 5. The molecular formula is C25H26N2O2. The van der Waals surface area contributed by atoms with Crippen LogP contribution in [0.5, 0.6) is 5.75 Å². The Bertz CT molecular complexity index is 896. The number of benzene rings is 3. The molecule has 4 rings (SSSR count). The number of carbonyl (C=O) groups excluding carboxylic acids is 1. The lowest BCUT2D eigenvalue weighted by Gasteiger charge is -2.39. The van der Waals surface area contributed by atoms with Crippen LogP contribution in [0.2, 0.25) is 0 Å². The lowest BCUT2D eigenvalue weighted by molar-refractivity contribution is 0.0597. The van der Waals surface area contributed by atoms with E-state index < -0.39 is 0 Å². The molecule has 0 saturated carbocycles. The van der Waals surface area contributed by atoms with Gasteiger partial charge < -0.3 is 9.64 Å². The number of amides is 1. The topological polar surface area (TPSA) is 32.8 Å². The van der Waals surface area contributed by atoms with Crippen LogP contribution in [-0.2, 0) is 0 Å². The fraction of sp³-hybridized carbons (Fsp3) is 0.240. The highest BCUT2D eigenvalue weighted by Crippen LogP contribution is 2.29. The van der Waals surface area contributed by atoms with Crippen molar-refractivity contribution in [3.05, 3.63) is 102 Å². The Kier molecular flexibility index (Phi) is 5.92. The molecule has 0 aromatic heterocycles. The molecule has 1 fully saturated rings. The molecule has 0 bridgehead atoms. The Morgan fingerprint density at radius 1 is 0.793 bits per heavy atom. The van der Waals surface area contributed by atoms with Crippen LogP contribution in [0.3, 0.4) is 0 Å². The number of ether oxygens (including phenoxy) is 1. The molecule has 0 spiro atoms. The number of carbonyl (C=O) groups is 1. The summed E-state index contributed by atoms with van der Waals surface area (Å²) in [5.74, 6) is 0.780. The Labute approximate surface area is 172 Å². The highest BCUT2D eigenvalue weighted by molar-refractivity contribution is 5.94. The third kappa shape index (κ3) is 4.33. The van der Waals surface area contributed by atoms with Crippen molar-refractivity contribution in [1.29, 1.82) is 0 Å². The molecule has 1 amide bonds. The largest absolute Gasteiger partial charge is 0.497 e. The fourth-order valence-electron chi connectivity index (χ4n) is 4.01. The summed E-state index contributed by atoms with van der Waals surface area (Å²) >= 11 is 0. The molecule has 1 aliphatic heterocycles. The maximum absolute atomic E-state index is 12.9. The first-order valence-electron chi connectivity index (χ1n) is 10.0. The van der Waals surface area contributed by atoms with Crippen LogP contribution in [0.1, 0.15) is 27.5 Å². The molecule has 0 aliphatic carbocycles. The summed E-state index contributed by atoms with van der Waals surface area (Å²) in [6.45, 7) is 3.10. The Hall–Kier alpha value is -3.11. The molecule has 1 saturated heterocycles. The van der Waals surface area contributed by atoms with Crippen molar-refractivity contribution in [1.82, 2.24) is 9.80 Å². The minimum atomic E-state index is 0.0690. The van der Waals surface area contributed by atoms with E-state index in [9.17, 15) is 4.79 Å². The lowest BCUT2D eigenvalue weighted by atomic mass is 9.96. The second kappa shape index (κ2) is 8.93. The SMILES string of the molecule is COc1cccc(C(=O)N2CCN(C(c3ccccc3)c3ccccc3)CC2)c1. The molecule has 1 heterocycles. The van der Waals surface area contributed by atoms with Crippen LogP contribution in [0, 0.1) is 0 Å². The van der Waals surface area contributed by atoms with E-state index in [1.54, 1.807) is 7.11 Å². The molecule has 4 heteroatoms. The molecule has 0 N–H and O–H groups in total. The molecule has 0 unspecified atom stereocenters. The Balaban J connectivity index is 1.50. The minimum Gasteiger partial charge on any atom is -0.497 e. The zero-order valence-electron chi connectivity index (χ0n) is 16.7. The number of hydrogen-bond donors (Lipinski definition) is 0. The molecule has 3 aromatic carbocycles. The Morgan fingerprint density at radius 3 is 1.93 bits per heavy atom. The van der Waals surface area contributed by atoms with Gasteiger partial charge in [-0.3, -0.25) is 9.69 Å². The second-order valence-electron chi connectivity index (χ2n) is 7.28. The molecule has 3 aromatic rings. The summed E-state index contributed by atoms with van der Waals surface area (Å²) < 4.78 is 5.26. The number of nitrogens with zero attached hydrogens (tertiary/aromatic N) is 2. The minimum absolute atomic E-state index is 0.0690. The van der Waals surface area contributed by atoms with Gasteiger partial charge in [0.2, 0.25) is 0 Å². The van der Waals surface area contributed by atoms with Crippen LogP contribution in [0.15, 0.2) is 84.9 Å². The number of hydrogen-bond acceptors (Lipinski definition) is 3. The van der Waals surface area contributed by atoms with Gasteiger partial charge in [0.25, 0.3) is 5.91 Å². The second-order valence-corrected chi connectivity index (χ2v) is 7.28. The highest BCUT2D eigenvalue weighted by Gasteiger charge is 2.28. The van der Waals surface area contributed by atoms with E-state index in [2.05, 4.69) is 65.6 Å². The van der Waals surface area contributed by atoms with E-state index in [4.69, 9.17) is 4.74 Å². The van der Waals surface area contributed by atoms with Crippen molar-refractivity contribution in [2.45, 2.75) is 6.04 Å². The standard InChI is InChI=1S/C25H26N2O2/c1-29-23-14-8-13-22(19-23)25(28)27-17-15-26(16-18-27)24(20-9-4-2-5-10-20)21-11-6-3-7-12-21/h2-14,19,24H,15-18H2,1H3. The smallest absolute Gasteiger partial charge is 0.254 e. The van der Waals surface area contributed by atoms with Crippen molar-refractivity contribution < 1.29 is 9.53 Å². The van der Waals surface area contributed by atoms with E-state index in [-0.39, 0.29) is 11.9 Å². The third-order valence-electron chi connectivity index (χ3n) is 5.51. The van der Waals surface area contributed by atoms with E-state index >= 15 is 0 Å². The number of methoxy groups -OCH3 is 1. The van der Waals surface area contributed by atoms with E-state index in [0.29, 0.717) is 24.4 Å². The van der Waals surface area contributed by atoms with Gasteiger partial charge in [-0.1, -0.05) is 66.7 Å². The summed E-state index contributed by atoms with van der Waals surface area (Å²) in [4.78, 5) is 17.4. The summed E-state index contributed by atoms with van der Waals surface area (Å²) in [6.07, 6.45) is 0. The van der Waals surface area contributed by atoms with Crippen LogP contribution >= 0.6 is 0 Å². The monoisotopic (exact) mass is 386 g/mol. The lowest BCUT2D eigenvalue weighted by Crippen LogP contribution is -2.49. The predicted octanol–water partition coefficient (Wildman–Crippen LogP) is 4.24. The molecule has 4 nitrogen and oxygen atoms in total. The molecule has 0 atom stereocenters. The average molecular weight is 386 g/mol. The van der Waals surface area contributed by atoms with Gasteiger partial charge in [-0.25, -0.2) is 0 Å². The van der Waals surface area contributed by atoms with Crippen LogP contribution in [-0.4, -0.2) is 49.0 Å². The van der Waals surface area contributed by atoms with E-state index in [0.717, 1.165) is 13.1 Å². The maximum Gasteiger partial charge on any atom is 0.254 e. The van der Waals surface area contributed by atoms with Gasteiger partial charge in [0, 0.05) is 31.7 Å². The number of piperazine rings is 1. The zero-order valence-corrected chi connectivity index (χ0v) is 16.7. The summed E-state index contributed by atoms with van der Waals surface area (Å²) in [5.41, 5.74) is 3.25. The van der Waals surface area contributed by atoms with Crippen molar-refractivity contribution >= 4 is 5.91 Å². The molecule has 148 valence electrons. The van der Waals surface area contributed by atoms with Crippen LogP contribution in [0.4, 0.5) is 0 Å². The average Bonchev–Trinajstić information content (AvgIpc) is 2.81. The van der Waals surface area contributed by atoms with Gasteiger partial charge in [-0.05, 0) is 29.3 Å². The third-order valence-corrected chi connectivity index (χ3v) is 5.51. The quantitative estimate of drug-likeness (QED) is 0.657. The van der Waals surface area contributed by atoms with E-state index in [1.165, 1.54) is 11.1 Å². The van der Waals surface area contributed by atoms with Gasteiger partial charge in [0.15, 0.2) is 0 Å². The summed E-state index contributed by atoms with van der Waals surface area (Å²) in [7, 11) is 1.62. The van der Waals surface area contributed by atoms with Gasteiger partial charge in [0.1, 0.15) is 5.75 Å². The van der Waals surface area contributed by atoms with Gasteiger partial charge in [0.05, 0.1) is 13.2 Å². The fourth-order valence-corrected chi connectivity index (χ4v) is 4.01. The van der Waals surface area contributed by atoms with Gasteiger partial charge >= 0.3 is 0 Å². The Morgan fingerprint density at radius 2 is 1.38 bits per heavy atom. The van der Waals surface area contributed by atoms with Crippen molar-refractivity contribution in [2.24, 2.45) is 0 Å². The first-order valence-corrected chi connectivity index (χ1v) is 10.0. The van der Waals surface area contributed by atoms with Crippen molar-refractivity contribution in [3.8, 4) is 5.75 Å². The first-order chi connectivity index (χ1) is 14.3. The molecule has 1 aliphatic rings. The van der Waals surface area contributed by atoms with Crippen LogP contribution in [0.25, 0.3) is 0 Å². The van der Waals surface area contributed by atoms with Gasteiger partial charge in [-0.15, -0.1) is 0 Å². The van der Waals surface area contributed by atoms with E-state index in [1.807, 2.05) is 29.2 Å². The zero-order chi connectivity index (χ0) is 20.1. The van der Waals surface area contributed by atoms with Crippen molar-refractivity contribution in [3.63, 3.8) is 0 Å². The summed E-state index contributed by atoms with van der Waals surface area (Å²) in [6, 6.07) is 28.8. The molecular weight excluding hydrogens is 360 g/mol.